The highest BCUT2D eigenvalue weighted by Gasteiger charge is 2.34. The number of aryl methyl sites for hydroxylation is 1. The SMILES string of the molecule is O=C(C1CCCc2sccc21)N1CCC(C2CCCN2)CC1. The summed E-state index contributed by atoms with van der Waals surface area (Å²) in [5.74, 6) is 1.34. The molecule has 0 aromatic carbocycles. The van der Waals surface area contributed by atoms with Crippen LogP contribution in [0.15, 0.2) is 11.4 Å². The molecule has 2 fully saturated rings. The molecule has 0 radical (unpaired) electrons. The Morgan fingerprint density at radius 3 is 2.82 bits per heavy atom. The second-order valence-corrected chi connectivity index (χ2v) is 8.11. The van der Waals surface area contributed by atoms with E-state index >= 15 is 0 Å². The number of rotatable bonds is 2. The number of thiophene rings is 1. The first-order valence-electron chi connectivity index (χ1n) is 8.91. The molecular weight excluding hydrogens is 292 g/mol. The van der Waals surface area contributed by atoms with E-state index in [1.807, 2.05) is 11.3 Å². The summed E-state index contributed by atoms with van der Waals surface area (Å²) in [6.45, 7) is 3.13. The lowest BCUT2D eigenvalue weighted by Crippen LogP contribution is -2.45. The van der Waals surface area contributed by atoms with Crippen LogP contribution in [0.2, 0.25) is 0 Å². The molecule has 1 aliphatic carbocycles. The molecule has 1 N–H and O–H groups in total. The van der Waals surface area contributed by atoms with E-state index < -0.39 is 0 Å². The minimum absolute atomic E-state index is 0.149. The lowest BCUT2D eigenvalue weighted by atomic mass is 9.84. The molecule has 2 atom stereocenters. The average Bonchev–Trinajstić information content (AvgIpc) is 3.25. The Balaban J connectivity index is 1.39. The van der Waals surface area contributed by atoms with Crippen LogP contribution in [0.25, 0.3) is 0 Å². The Kier molecular flexibility index (Phi) is 4.23. The first-order chi connectivity index (χ1) is 10.8. The molecule has 0 saturated carbocycles. The second-order valence-electron chi connectivity index (χ2n) is 7.11. The van der Waals surface area contributed by atoms with Gasteiger partial charge >= 0.3 is 0 Å². The van der Waals surface area contributed by atoms with Gasteiger partial charge in [0.1, 0.15) is 0 Å². The predicted octanol–water partition coefficient (Wildman–Crippen LogP) is 3.16. The van der Waals surface area contributed by atoms with Gasteiger partial charge in [-0.3, -0.25) is 4.79 Å². The van der Waals surface area contributed by atoms with Crippen LogP contribution in [-0.4, -0.2) is 36.5 Å². The van der Waals surface area contributed by atoms with Gasteiger partial charge in [0.2, 0.25) is 5.91 Å². The van der Waals surface area contributed by atoms with Crippen LogP contribution in [0.4, 0.5) is 0 Å². The number of hydrogen-bond donors (Lipinski definition) is 1. The monoisotopic (exact) mass is 318 g/mol. The third-order valence-electron chi connectivity index (χ3n) is 5.87. The average molecular weight is 318 g/mol. The first kappa shape index (κ1) is 14.7. The Morgan fingerprint density at radius 2 is 2.05 bits per heavy atom. The normalized spacial score (nSPS) is 29.5. The molecule has 0 spiro atoms. The lowest BCUT2D eigenvalue weighted by Gasteiger charge is -2.37. The lowest BCUT2D eigenvalue weighted by molar-refractivity contribution is -0.134. The van der Waals surface area contributed by atoms with E-state index in [-0.39, 0.29) is 5.92 Å². The Hall–Kier alpha value is -0.870. The molecule has 3 nitrogen and oxygen atoms in total. The molecule has 22 heavy (non-hydrogen) atoms. The fourth-order valence-corrected chi connectivity index (χ4v) is 5.59. The smallest absolute Gasteiger partial charge is 0.230 e. The van der Waals surface area contributed by atoms with E-state index in [0.717, 1.165) is 31.5 Å². The second kappa shape index (κ2) is 6.32. The van der Waals surface area contributed by atoms with Crippen LogP contribution in [0.5, 0.6) is 0 Å². The summed E-state index contributed by atoms with van der Waals surface area (Å²) in [6, 6.07) is 2.91. The summed E-state index contributed by atoms with van der Waals surface area (Å²) in [5.41, 5.74) is 1.33. The summed E-state index contributed by atoms with van der Waals surface area (Å²) >= 11 is 1.83. The van der Waals surface area contributed by atoms with Gasteiger partial charge in [0.05, 0.1) is 5.92 Å². The number of hydrogen-bond acceptors (Lipinski definition) is 3. The van der Waals surface area contributed by atoms with Crippen molar-refractivity contribution in [3.05, 3.63) is 21.9 Å². The van der Waals surface area contributed by atoms with Crippen molar-refractivity contribution in [2.75, 3.05) is 19.6 Å². The van der Waals surface area contributed by atoms with Crippen molar-refractivity contribution in [3.8, 4) is 0 Å². The summed E-state index contributed by atoms with van der Waals surface area (Å²) in [6.07, 6.45) is 8.43. The topological polar surface area (TPSA) is 32.3 Å². The third kappa shape index (κ3) is 2.71. The first-order valence-corrected chi connectivity index (χ1v) is 9.79. The number of nitrogens with zero attached hydrogens (tertiary/aromatic N) is 1. The molecular formula is C18H26N2OS. The maximum absolute atomic E-state index is 13.0. The Bertz CT molecular complexity index is 527. The van der Waals surface area contributed by atoms with E-state index in [2.05, 4.69) is 21.7 Å². The zero-order chi connectivity index (χ0) is 14.9. The third-order valence-corrected chi connectivity index (χ3v) is 6.87. The Morgan fingerprint density at radius 1 is 1.18 bits per heavy atom. The summed E-state index contributed by atoms with van der Waals surface area (Å²) < 4.78 is 0. The summed E-state index contributed by atoms with van der Waals surface area (Å²) in [4.78, 5) is 16.6. The van der Waals surface area contributed by atoms with Crippen molar-refractivity contribution < 1.29 is 4.79 Å². The van der Waals surface area contributed by atoms with Crippen LogP contribution in [-0.2, 0) is 11.2 Å². The van der Waals surface area contributed by atoms with Crippen LogP contribution >= 0.6 is 11.3 Å². The zero-order valence-corrected chi connectivity index (χ0v) is 14.0. The molecule has 2 saturated heterocycles. The van der Waals surface area contributed by atoms with Crippen molar-refractivity contribution >= 4 is 17.2 Å². The summed E-state index contributed by atoms with van der Waals surface area (Å²) in [7, 11) is 0. The highest BCUT2D eigenvalue weighted by molar-refractivity contribution is 7.10. The molecule has 1 amide bonds. The molecule has 4 rings (SSSR count). The van der Waals surface area contributed by atoms with Crippen LogP contribution in [0.3, 0.4) is 0 Å². The van der Waals surface area contributed by atoms with Gasteiger partial charge in [0.15, 0.2) is 0 Å². The van der Waals surface area contributed by atoms with E-state index in [4.69, 9.17) is 0 Å². The van der Waals surface area contributed by atoms with Gasteiger partial charge in [0, 0.05) is 24.0 Å². The number of nitrogens with one attached hydrogen (secondary N) is 1. The van der Waals surface area contributed by atoms with Crippen molar-refractivity contribution in [2.45, 2.75) is 56.9 Å². The highest BCUT2D eigenvalue weighted by Crippen LogP contribution is 2.37. The van der Waals surface area contributed by atoms with E-state index in [0.29, 0.717) is 5.91 Å². The van der Waals surface area contributed by atoms with Crippen LogP contribution in [0.1, 0.15) is 54.9 Å². The standard InChI is InChI=1S/C18H26N2OS/c21-18(15-3-1-5-17-14(15)8-12-22-17)20-10-6-13(7-11-20)16-4-2-9-19-16/h8,12-13,15-16,19H,1-7,9-11H2. The Labute approximate surface area is 137 Å². The van der Waals surface area contributed by atoms with Crippen LogP contribution < -0.4 is 5.32 Å². The van der Waals surface area contributed by atoms with Gasteiger partial charge in [0.25, 0.3) is 0 Å². The van der Waals surface area contributed by atoms with E-state index in [1.165, 1.54) is 55.5 Å². The summed E-state index contributed by atoms with van der Waals surface area (Å²) in [5, 5.41) is 5.80. The fraction of sp³-hybridized carbons (Fsp3) is 0.722. The largest absolute Gasteiger partial charge is 0.342 e. The predicted molar refractivity (Wildman–Crippen MR) is 90.3 cm³/mol. The number of amides is 1. The van der Waals surface area contributed by atoms with E-state index in [9.17, 15) is 4.79 Å². The van der Waals surface area contributed by atoms with Gasteiger partial charge in [-0.1, -0.05) is 0 Å². The molecule has 120 valence electrons. The van der Waals surface area contributed by atoms with Gasteiger partial charge in [-0.2, -0.15) is 0 Å². The molecule has 2 unspecified atom stereocenters. The van der Waals surface area contributed by atoms with Gasteiger partial charge < -0.3 is 10.2 Å². The quantitative estimate of drug-likeness (QED) is 0.908. The van der Waals surface area contributed by atoms with Crippen molar-refractivity contribution in [1.29, 1.82) is 0 Å². The highest BCUT2D eigenvalue weighted by atomic mass is 32.1. The molecule has 3 aliphatic rings. The molecule has 1 aromatic heterocycles. The van der Waals surface area contributed by atoms with Crippen LogP contribution in [0, 0.1) is 5.92 Å². The minimum Gasteiger partial charge on any atom is -0.342 e. The molecule has 1 aromatic rings. The number of likely N-dealkylation sites (tertiary alicyclic amines) is 1. The molecule has 0 bridgehead atoms. The van der Waals surface area contributed by atoms with Gasteiger partial charge in [-0.15, -0.1) is 11.3 Å². The van der Waals surface area contributed by atoms with Crippen molar-refractivity contribution in [2.24, 2.45) is 5.92 Å². The van der Waals surface area contributed by atoms with Gasteiger partial charge in [-0.05, 0) is 74.4 Å². The number of carbonyl (C=O) groups is 1. The maximum atomic E-state index is 13.0. The molecule has 3 heterocycles. The fourth-order valence-electron chi connectivity index (χ4n) is 4.60. The van der Waals surface area contributed by atoms with Crippen molar-refractivity contribution in [1.82, 2.24) is 10.2 Å². The van der Waals surface area contributed by atoms with Crippen molar-refractivity contribution in [3.63, 3.8) is 0 Å². The minimum atomic E-state index is 0.149. The number of piperidine rings is 1. The maximum Gasteiger partial charge on any atom is 0.230 e. The molecule has 2 aliphatic heterocycles. The number of carbonyl (C=O) groups excluding carboxylic acids is 1. The zero-order valence-electron chi connectivity index (χ0n) is 13.2. The van der Waals surface area contributed by atoms with Gasteiger partial charge in [-0.25, -0.2) is 0 Å². The number of fused-ring (bicyclic) bond motifs is 1. The molecule has 4 heteroatoms. The van der Waals surface area contributed by atoms with E-state index in [1.54, 1.807) is 0 Å².